The van der Waals surface area contributed by atoms with E-state index in [-0.39, 0.29) is 24.6 Å². The van der Waals surface area contributed by atoms with Gasteiger partial charge in [0.25, 0.3) is 0 Å². The Balaban J connectivity index is 1.33. The van der Waals surface area contributed by atoms with Crippen LogP contribution in [-0.4, -0.2) is 30.8 Å². The number of hydrogen-bond acceptors (Lipinski definition) is 5. The van der Waals surface area contributed by atoms with E-state index in [2.05, 4.69) is 0 Å². The zero-order valence-corrected chi connectivity index (χ0v) is 16.4. The Hall–Kier alpha value is -2.02. The summed E-state index contributed by atoms with van der Waals surface area (Å²) in [5, 5.41) is 0. The summed E-state index contributed by atoms with van der Waals surface area (Å²) in [5.41, 5.74) is 0.389. The van der Waals surface area contributed by atoms with Gasteiger partial charge in [-0.3, -0.25) is 4.79 Å². The molecule has 1 aromatic carbocycles. The van der Waals surface area contributed by atoms with Gasteiger partial charge in [0, 0.05) is 6.92 Å². The Kier molecular flexibility index (Phi) is 5.36. The van der Waals surface area contributed by atoms with Gasteiger partial charge >= 0.3 is 17.9 Å². The standard InChI is InChI=1S/C22H26F2O5/c1-21(23,24)19(25)29-18-16-7-15-8-17(18)11-22(9-15,10-16)20(26)28-13-27-12-14-5-3-2-4-6-14/h2-6,15-18H,7-13H2,1H3. The molecular formula is C22H26F2O5. The van der Waals surface area contributed by atoms with Crippen LogP contribution in [0.2, 0.25) is 0 Å². The van der Waals surface area contributed by atoms with Crippen LogP contribution in [-0.2, 0) is 30.4 Å². The number of carbonyl (C=O) groups is 2. The molecule has 7 heteroatoms. The van der Waals surface area contributed by atoms with Crippen LogP contribution in [0.4, 0.5) is 8.78 Å². The first-order valence-corrected chi connectivity index (χ1v) is 10.1. The molecule has 0 N–H and O–H groups in total. The summed E-state index contributed by atoms with van der Waals surface area (Å²) in [6, 6.07) is 9.61. The highest BCUT2D eigenvalue weighted by Gasteiger charge is 2.60. The Labute approximate surface area is 168 Å². The fraction of sp³-hybridized carbons (Fsp3) is 0.636. The van der Waals surface area contributed by atoms with Crippen LogP contribution in [0.3, 0.4) is 0 Å². The fourth-order valence-corrected chi connectivity index (χ4v) is 5.63. The van der Waals surface area contributed by atoms with Crippen molar-refractivity contribution in [2.75, 3.05) is 6.79 Å². The van der Waals surface area contributed by atoms with Crippen molar-refractivity contribution in [3.63, 3.8) is 0 Å². The van der Waals surface area contributed by atoms with E-state index < -0.39 is 23.4 Å². The summed E-state index contributed by atoms with van der Waals surface area (Å²) >= 11 is 0. The maximum absolute atomic E-state index is 13.3. The molecule has 158 valence electrons. The van der Waals surface area contributed by atoms with Crippen LogP contribution in [0, 0.1) is 23.2 Å². The lowest BCUT2D eigenvalue weighted by atomic mass is 9.48. The molecule has 0 radical (unpaired) electrons. The van der Waals surface area contributed by atoms with Crippen molar-refractivity contribution >= 4 is 11.9 Å². The first kappa shape index (κ1) is 20.3. The molecule has 2 unspecified atom stereocenters. The number of ether oxygens (including phenoxy) is 3. The Morgan fingerprint density at radius 2 is 1.76 bits per heavy atom. The van der Waals surface area contributed by atoms with Crippen molar-refractivity contribution in [1.29, 1.82) is 0 Å². The molecule has 0 spiro atoms. The Bertz CT molecular complexity index is 744. The monoisotopic (exact) mass is 408 g/mol. The van der Waals surface area contributed by atoms with Gasteiger partial charge in [0.2, 0.25) is 0 Å². The predicted octanol–water partition coefficient (Wildman–Crippen LogP) is 4.10. The van der Waals surface area contributed by atoms with Gasteiger partial charge in [0.1, 0.15) is 6.10 Å². The molecule has 2 atom stereocenters. The van der Waals surface area contributed by atoms with Crippen LogP contribution in [0.5, 0.6) is 0 Å². The third-order valence-corrected chi connectivity index (χ3v) is 6.61. The van der Waals surface area contributed by atoms with E-state index in [4.69, 9.17) is 14.2 Å². The Morgan fingerprint density at radius 3 is 2.38 bits per heavy atom. The summed E-state index contributed by atoms with van der Waals surface area (Å²) in [6.45, 7) is 0.800. The van der Waals surface area contributed by atoms with Crippen molar-refractivity contribution in [3.05, 3.63) is 35.9 Å². The highest BCUT2D eigenvalue weighted by atomic mass is 19.3. The number of rotatable bonds is 7. The van der Waals surface area contributed by atoms with E-state index in [9.17, 15) is 18.4 Å². The van der Waals surface area contributed by atoms with Gasteiger partial charge in [-0.2, -0.15) is 8.78 Å². The molecule has 0 saturated heterocycles. The SMILES string of the molecule is CC(F)(F)C(=O)OC1C2CC3CC1CC(C(=O)OCOCc1ccccc1)(C3)C2. The summed E-state index contributed by atoms with van der Waals surface area (Å²) in [6.07, 6.45) is 2.88. The van der Waals surface area contributed by atoms with Gasteiger partial charge in [0.15, 0.2) is 6.79 Å². The Morgan fingerprint density at radius 1 is 1.10 bits per heavy atom. The van der Waals surface area contributed by atoms with E-state index in [0.29, 0.717) is 32.3 Å². The first-order valence-electron chi connectivity index (χ1n) is 10.1. The lowest BCUT2D eigenvalue weighted by Crippen LogP contribution is -2.58. The molecule has 4 saturated carbocycles. The van der Waals surface area contributed by atoms with Crippen LogP contribution in [0.1, 0.15) is 44.6 Å². The van der Waals surface area contributed by atoms with Gasteiger partial charge in [0.05, 0.1) is 12.0 Å². The predicted molar refractivity (Wildman–Crippen MR) is 98.7 cm³/mol. The molecule has 0 amide bonds. The number of esters is 2. The van der Waals surface area contributed by atoms with Crippen molar-refractivity contribution in [1.82, 2.24) is 0 Å². The average Bonchev–Trinajstić information content (AvgIpc) is 2.67. The van der Waals surface area contributed by atoms with E-state index in [1.807, 2.05) is 30.3 Å². The minimum atomic E-state index is -3.50. The molecule has 0 aliphatic heterocycles. The van der Waals surface area contributed by atoms with Crippen LogP contribution in [0.25, 0.3) is 0 Å². The second-order valence-corrected chi connectivity index (χ2v) is 8.89. The zero-order chi connectivity index (χ0) is 20.6. The van der Waals surface area contributed by atoms with Gasteiger partial charge in [-0.05, 0) is 55.4 Å². The smallest absolute Gasteiger partial charge is 0.376 e. The van der Waals surface area contributed by atoms with Gasteiger partial charge < -0.3 is 14.2 Å². The van der Waals surface area contributed by atoms with Crippen LogP contribution >= 0.6 is 0 Å². The maximum Gasteiger partial charge on any atom is 0.376 e. The minimum Gasteiger partial charge on any atom is -0.457 e. The van der Waals surface area contributed by atoms with Gasteiger partial charge in [-0.1, -0.05) is 30.3 Å². The molecule has 4 aliphatic rings. The molecule has 0 heterocycles. The second kappa shape index (κ2) is 7.67. The minimum absolute atomic E-state index is 0.0645. The first-order chi connectivity index (χ1) is 13.8. The summed E-state index contributed by atoms with van der Waals surface area (Å²) in [7, 11) is 0. The number of hydrogen-bond donors (Lipinski definition) is 0. The molecule has 4 bridgehead atoms. The largest absolute Gasteiger partial charge is 0.457 e. The molecule has 0 aromatic heterocycles. The number of alkyl halides is 2. The lowest BCUT2D eigenvalue weighted by molar-refractivity contribution is -0.211. The van der Waals surface area contributed by atoms with Gasteiger partial charge in [-0.25, -0.2) is 4.79 Å². The topological polar surface area (TPSA) is 61.8 Å². The molecular weight excluding hydrogens is 382 g/mol. The van der Waals surface area contributed by atoms with Gasteiger partial charge in [-0.15, -0.1) is 0 Å². The van der Waals surface area contributed by atoms with Crippen molar-refractivity contribution in [3.8, 4) is 0 Å². The van der Waals surface area contributed by atoms with Crippen molar-refractivity contribution in [2.45, 2.75) is 57.7 Å². The normalized spacial score (nSPS) is 32.8. The summed E-state index contributed by atoms with van der Waals surface area (Å²) in [5.74, 6) is -5.03. The molecule has 29 heavy (non-hydrogen) atoms. The molecule has 1 aromatic rings. The zero-order valence-electron chi connectivity index (χ0n) is 16.4. The third-order valence-electron chi connectivity index (χ3n) is 6.61. The molecule has 5 rings (SSSR count). The molecule has 5 nitrogen and oxygen atoms in total. The molecule has 4 fully saturated rings. The molecule has 4 aliphatic carbocycles. The van der Waals surface area contributed by atoms with E-state index >= 15 is 0 Å². The second-order valence-electron chi connectivity index (χ2n) is 8.89. The number of benzene rings is 1. The fourth-order valence-electron chi connectivity index (χ4n) is 5.63. The number of carbonyl (C=O) groups excluding carboxylic acids is 2. The van der Waals surface area contributed by atoms with Crippen molar-refractivity contribution in [2.24, 2.45) is 23.2 Å². The summed E-state index contributed by atoms with van der Waals surface area (Å²) in [4.78, 5) is 24.5. The number of halogens is 2. The van der Waals surface area contributed by atoms with E-state index in [1.165, 1.54) is 0 Å². The summed E-state index contributed by atoms with van der Waals surface area (Å²) < 4.78 is 42.6. The van der Waals surface area contributed by atoms with E-state index in [0.717, 1.165) is 24.8 Å². The maximum atomic E-state index is 13.3. The third kappa shape index (κ3) is 4.15. The highest BCUT2D eigenvalue weighted by molar-refractivity contribution is 5.78. The van der Waals surface area contributed by atoms with Crippen LogP contribution < -0.4 is 0 Å². The van der Waals surface area contributed by atoms with E-state index in [1.54, 1.807) is 0 Å². The quantitative estimate of drug-likeness (QED) is 0.386. The highest BCUT2D eigenvalue weighted by Crippen LogP contribution is 2.61. The lowest BCUT2D eigenvalue weighted by Gasteiger charge is -2.57. The van der Waals surface area contributed by atoms with Crippen molar-refractivity contribution < 1.29 is 32.6 Å². The van der Waals surface area contributed by atoms with Crippen LogP contribution in [0.15, 0.2) is 30.3 Å². The average molecular weight is 408 g/mol.